The minimum absolute atomic E-state index is 0.0386. The quantitative estimate of drug-likeness (QED) is 0.847. The zero-order valence-corrected chi connectivity index (χ0v) is 14.1. The fraction of sp³-hybridized carbons (Fsp3) is 0.588. The van der Waals surface area contributed by atoms with E-state index >= 15 is 0 Å². The fourth-order valence-electron chi connectivity index (χ4n) is 2.75. The molecule has 0 aromatic heterocycles. The van der Waals surface area contributed by atoms with Gasteiger partial charge in [0.1, 0.15) is 0 Å². The Morgan fingerprint density at radius 3 is 2.32 bits per heavy atom. The van der Waals surface area contributed by atoms with Gasteiger partial charge in [-0.15, -0.1) is 0 Å². The van der Waals surface area contributed by atoms with Crippen molar-refractivity contribution < 1.29 is 27.4 Å². The van der Waals surface area contributed by atoms with Gasteiger partial charge >= 0.3 is 6.18 Å². The van der Waals surface area contributed by atoms with E-state index in [1.165, 1.54) is 12.1 Å². The van der Waals surface area contributed by atoms with Crippen molar-refractivity contribution >= 4 is 5.91 Å². The van der Waals surface area contributed by atoms with Gasteiger partial charge in [0.15, 0.2) is 24.7 Å². The van der Waals surface area contributed by atoms with Gasteiger partial charge in [0.2, 0.25) is 0 Å². The molecule has 0 aliphatic carbocycles. The Balaban J connectivity index is 1.86. The largest absolute Gasteiger partial charge is 0.480 e. The molecular weight excluding hydrogens is 337 g/mol. The van der Waals surface area contributed by atoms with Crippen molar-refractivity contribution in [1.82, 2.24) is 4.90 Å². The Morgan fingerprint density at radius 1 is 1.24 bits per heavy atom. The molecule has 1 unspecified atom stereocenters. The predicted molar refractivity (Wildman–Crippen MR) is 86.4 cm³/mol. The Hall–Kier alpha value is -1.96. The third-order valence-electron chi connectivity index (χ3n) is 4.23. The summed E-state index contributed by atoms with van der Waals surface area (Å²) in [7, 11) is 0. The minimum Gasteiger partial charge on any atom is -0.480 e. The topological polar surface area (TPSA) is 64.8 Å². The standard InChI is InChI=1S/C17H23F3N2O3/c1-12(21)13-6-8-22(9-7-13)16(23)10-24-14-4-2-3-5-15(14)25-11-17(18,19)20/h2-5,12-13H,6-11,21H2,1H3. The van der Waals surface area contributed by atoms with Crippen LogP contribution in [0.3, 0.4) is 0 Å². The summed E-state index contributed by atoms with van der Waals surface area (Å²) in [4.78, 5) is 13.9. The number of amides is 1. The predicted octanol–water partition coefficient (Wildman–Crippen LogP) is 2.59. The molecule has 2 rings (SSSR count). The summed E-state index contributed by atoms with van der Waals surface area (Å²) in [6.07, 6.45) is -2.75. The number of carbonyl (C=O) groups is 1. The normalized spacial score (nSPS) is 17.2. The number of halogens is 3. The summed E-state index contributed by atoms with van der Waals surface area (Å²) in [5.74, 6) is 0.282. The smallest absolute Gasteiger partial charge is 0.422 e. The van der Waals surface area contributed by atoms with Crippen molar-refractivity contribution in [3.63, 3.8) is 0 Å². The molecular formula is C17H23F3N2O3. The maximum atomic E-state index is 12.3. The molecule has 25 heavy (non-hydrogen) atoms. The van der Waals surface area contributed by atoms with Crippen molar-refractivity contribution in [2.75, 3.05) is 26.3 Å². The zero-order chi connectivity index (χ0) is 18.4. The van der Waals surface area contributed by atoms with Gasteiger partial charge in [-0.3, -0.25) is 4.79 Å². The number of nitrogens with two attached hydrogens (primary N) is 1. The van der Waals surface area contributed by atoms with Crippen LogP contribution in [-0.2, 0) is 4.79 Å². The van der Waals surface area contributed by atoms with E-state index in [0.717, 1.165) is 12.8 Å². The van der Waals surface area contributed by atoms with E-state index in [1.54, 1.807) is 17.0 Å². The first kappa shape index (κ1) is 19.4. The lowest BCUT2D eigenvalue weighted by Crippen LogP contribution is -2.44. The van der Waals surface area contributed by atoms with Gasteiger partial charge in [-0.1, -0.05) is 12.1 Å². The molecule has 1 aliphatic heterocycles. The third-order valence-corrected chi connectivity index (χ3v) is 4.23. The second-order valence-corrected chi connectivity index (χ2v) is 6.22. The SMILES string of the molecule is CC(N)C1CCN(C(=O)COc2ccccc2OCC(F)(F)F)CC1. The number of likely N-dealkylation sites (tertiary alicyclic amines) is 1. The molecule has 1 aliphatic rings. The van der Waals surface area contributed by atoms with E-state index in [9.17, 15) is 18.0 Å². The van der Waals surface area contributed by atoms with E-state index in [4.69, 9.17) is 15.2 Å². The molecule has 2 N–H and O–H groups in total. The average Bonchev–Trinajstić information content (AvgIpc) is 2.58. The van der Waals surface area contributed by atoms with Crippen LogP contribution in [0.15, 0.2) is 24.3 Å². The number of ether oxygens (including phenoxy) is 2. The molecule has 0 radical (unpaired) electrons. The average molecular weight is 360 g/mol. The summed E-state index contributed by atoms with van der Waals surface area (Å²) >= 11 is 0. The first-order chi connectivity index (χ1) is 11.8. The van der Waals surface area contributed by atoms with Crippen molar-refractivity contribution in [2.24, 2.45) is 11.7 Å². The summed E-state index contributed by atoms with van der Waals surface area (Å²) in [5, 5.41) is 0. The first-order valence-corrected chi connectivity index (χ1v) is 8.21. The van der Waals surface area contributed by atoms with Crippen molar-refractivity contribution in [3.05, 3.63) is 24.3 Å². The van der Waals surface area contributed by atoms with E-state index in [0.29, 0.717) is 19.0 Å². The number of para-hydroxylation sites is 2. The minimum atomic E-state index is -4.44. The second-order valence-electron chi connectivity index (χ2n) is 6.22. The molecule has 0 saturated carbocycles. The molecule has 1 heterocycles. The van der Waals surface area contributed by atoms with Crippen LogP contribution in [0.25, 0.3) is 0 Å². The molecule has 1 fully saturated rings. The first-order valence-electron chi connectivity index (χ1n) is 8.21. The van der Waals surface area contributed by atoms with Gasteiger partial charge in [-0.05, 0) is 37.8 Å². The van der Waals surface area contributed by atoms with E-state index in [1.807, 2.05) is 6.92 Å². The number of alkyl halides is 3. The molecule has 1 saturated heterocycles. The highest BCUT2D eigenvalue weighted by Gasteiger charge is 2.29. The van der Waals surface area contributed by atoms with Gasteiger partial charge in [-0.25, -0.2) is 0 Å². The highest BCUT2D eigenvalue weighted by atomic mass is 19.4. The number of rotatable bonds is 6. The second kappa shape index (κ2) is 8.42. The number of benzene rings is 1. The maximum Gasteiger partial charge on any atom is 0.422 e. The van der Waals surface area contributed by atoms with Gasteiger partial charge < -0.3 is 20.1 Å². The number of hydrogen-bond acceptors (Lipinski definition) is 4. The number of carbonyl (C=O) groups excluding carboxylic acids is 1. The van der Waals surface area contributed by atoms with Gasteiger partial charge in [0.25, 0.3) is 5.91 Å². The summed E-state index contributed by atoms with van der Waals surface area (Å²) in [6, 6.07) is 6.10. The zero-order valence-electron chi connectivity index (χ0n) is 14.1. The number of nitrogens with zero attached hydrogens (tertiary/aromatic N) is 1. The maximum absolute atomic E-state index is 12.3. The van der Waals surface area contributed by atoms with Crippen molar-refractivity contribution in [1.29, 1.82) is 0 Å². The van der Waals surface area contributed by atoms with Crippen LogP contribution in [-0.4, -0.2) is 49.3 Å². The Bertz CT molecular complexity index is 571. The third kappa shape index (κ3) is 6.12. The van der Waals surface area contributed by atoms with Crippen LogP contribution >= 0.6 is 0 Å². The molecule has 0 bridgehead atoms. The van der Waals surface area contributed by atoms with Crippen molar-refractivity contribution in [3.8, 4) is 11.5 Å². The van der Waals surface area contributed by atoms with Crippen LogP contribution in [0.1, 0.15) is 19.8 Å². The van der Waals surface area contributed by atoms with Crippen LogP contribution in [0.4, 0.5) is 13.2 Å². The highest BCUT2D eigenvalue weighted by molar-refractivity contribution is 5.78. The van der Waals surface area contributed by atoms with Gasteiger partial charge in [0.05, 0.1) is 0 Å². The van der Waals surface area contributed by atoms with E-state index in [2.05, 4.69) is 0 Å². The molecule has 0 spiro atoms. The lowest BCUT2D eigenvalue weighted by Gasteiger charge is -2.33. The summed E-state index contributed by atoms with van der Waals surface area (Å²) in [6.45, 7) is 1.53. The van der Waals surface area contributed by atoms with Crippen LogP contribution in [0.2, 0.25) is 0 Å². The monoisotopic (exact) mass is 360 g/mol. The highest BCUT2D eigenvalue weighted by Crippen LogP contribution is 2.28. The number of piperidine rings is 1. The molecule has 5 nitrogen and oxygen atoms in total. The number of hydrogen-bond donors (Lipinski definition) is 1. The van der Waals surface area contributed by atoms with Gasteiger partial charge in [-0.2, -0.15) is 13.2 Å². The Kier molecular flexibility index (Phi) is 6.52. The van der Waals surface area contributed by atoms with Crippen LogP contribution in [0.5, 0.6) is 11.5 Å². The Morgan fingerprint density at radius 2 is 1.80 bits per heavy atom. The summed E-state index contributed by atoms with van der Waals surface area (Å²) < 4.78 is 47.0. The summed E-state index contributed by atoms with van der Waals surface area (Å²) in [5.41, 5.74) is 5.88. The van der Waals surface area contributed by atoms with Crippen molar-refractivity contribution in [2.45, 2.75) is 32.0 Å². The molecule has 8 heteroatoms. The van der Waals surface area contributed by atoms with Gasteiger partial charge in [0, 0.05) is 19.1 Å². The molecule has 1 amide bonds. The lowest BCUT2D eigenvalue weighted by molar-refractivity contribution is -0.153. The molecule has 1 aromatic carbocycles. The lowest BCUT2D eigenvalue weighted by atomic mass is 9.91. The fourth-order valence-corrected chi connectivity index (χ4v) is 2.75. The van der Waals surface area contributed by atoms with E-state index < -0.39 is 12.8 Å². The Labute approximate surface area is 144 Å². The van der Waals surface area contributed by atoms with Crippen LogP contribution < -0.4 is 15.2 Å². The molecule has 140 valence electrons. The molecule has 1 atom stereocenters. The molecule has 1 aromatic rings. The van der Waals surface area contributed by atoms with E-state index in [-0.39, 0.29) is 30.1 Å². The van der Waals surface area contributed by atoms with Crippen LogP contribution in [0, 0.1) is 5.92 Å².